The number of benzene rings is 2. The number of methoxy groups -OCH3 is 1. The number of hydrogen-bond acceptors (Lipinski definition) is 6. The lowest BCUT2D eigenvalue weighted by Gasteiger charge is -2.07. The Balaban J connectivity index is 1.61. The summed E-state index contributed by atoms with van der Waals surface area (Å²) in [5, 5.41) is 11.2. The van der Waals surface area contributed by atoms with Crippen molar-refractivity contribution in [1.29, 1.82) is 0 Å². The van der Waals surface area contributed by atoms with E-state index in [2.05, 4.69) is 15.5 Å². The summed E-state index contributed by atoms with van der Waals surface area (Å²) in [5.41, 5.74) is 1.90. The van der Waals surface area contributed by atoms with E-state index < -0.39 is 0 Å². The van der Waals surface area contributed by atoms with E-state index in [1.54, 1.807) is 13.3 Å². The number of nitrogens with zero attached hydrogens (tertiary/aromatic N) is 2. The first kappa shape index (κ1) is 19.0. The predicted molar refractivity (Wildman–Crippen MR) is 109 cm³/mol. The first-order valence-electron chi connectivity index (χ1n) is 8.63. The van der Waals surface area contributed by atoms with Gasteiger partial charge < -0.3 is 14.8 Å². The zero-order chi connectivity index (χ0) is 19.1. The number of ether oxygens (including phenoxy) is 2. The van der Waals surface area contributed by atoms with Gasteiger partial charge in [-0.15, -0.1) is 5.10 Å². The average molecular weight is 383 g/mol. The Morgan fingerprint density at radius 2 is 1.96 bits per heavy atom. The Bertz CT molecular complexity index is 850. The molecule has 0 spiro atoms. The summed E-state index contributed by atoms with van der Waals surface area (Å²) in [7, 11) is 1.61. The van der Waals surface area contributed by atoms with E-state index in [1.165, 1.54) is 11.8 Å². The molecule has 0 bridgehead atoms. The van der Waals surface area contributed by atoms with Crippen LogP contribution < -0.4 is 14.8 Å². The van der Waals surface area contributed by atoms with Crippen LogP contribution in [0.4, 0.5) is 0 Å². The Morgan fingerprint density at radius 1 is 1.19 bits per heavy atom. The largest absolute Gasteiger partial charge is 0.496 e. The third-order valence-electron chi connectivity index (χ3n) is 3.92. The summed E-state index contributed by atoms with van der Waals surface area (Å²) in [6, 6.07) is 15.3. The summed E-state index contributed by atoms with van der Waals surface area (Å²) in [6.45, 7) is 2.58. The fourth-order valence-electron chi connectivity index (χ4n) is 2.61. The minimum atomic E-state index is -0.219. The molecule has 0 radical (unpaired) electrons. The molecule has 7 heteroatoms. The lowest BCUT2D eigenvalue weighted by Crippen LogP contribution is -2.25. The molecule has 0 saturated carbocycles. The number of hydrogen-bond donors (Lipinski definition) is 1. The molecule has 2 aromatic carbocycles. The van der Waals surface area contributed by atoms with Crippen LogP contribution in [0.2, 0.25) is 0 Å². The van der Waals surface area contributed by atoms with Gasteiger partial charge >= 0.3 is 0 Å². The van der Waals surface area contributed by atoms with Crippen LogP contribution in [0.25, 0.3) is 0 Å². The standard InChI is InChI=1S/C20H21N3O3S/c1-3-26-16-10-8-14(9-11-16)12-18-19(24)22-20(27-18)23-21-13-15-6-4-5-7-17(15)25-2/h4-11,13,18H,3,12H2,1-2H3,(H,22,23,24)/b21-13-/t18-/m0/s1. The van der Waals surface area contributed by atoms with Gasteiger partial charge in [-0.2, -0.15) is 5.10 Å². The normalized spacial score (nSPS) is 18.1. The number of thioether (sulfide) groups is 1. The number of carbonyl (C=O) groups excluding carboxylic acids is 1. The van der Waals surface area contributed by atoms with E-state index in [0.29, 0.717) is 18.2 Å². The Morgan fingerprint density at radius 3 is 2.70 bits per heavy atom. The van der Waals surface area contributed by atoms with E-state index >= 15 is 0 Å². The topological polar surface area (TPSA) is 72.3 Å². The Kier molecular flexibility index (Phi) is 6.49. The van der Waals surface area contributed by atoms with E-state index in [-0.39, 0.29) is 11.2 Å². The average Bonchev–Trinajstić information content (AvgIpc) is 3.03. The molecular weight excluding hydrogens is 362 g/mol. The zero-order valence-corrected chi connectivity index (χ0v) is 16.0. The Labute approximate surface area is 162 Å². The van der Waals surface area contributed by atoms with Gasteiger partial charge in [0.1, 0.15) is 11.5 Å². The number of nitrogens with one attached hydrogen (secondary N) is 1. The summed E-state index contributed by atoms with van der Waals surface area (Å²) >= 11 is 1.39. The van der Waals surface area contributed by atoms with Gasteiger partial charge in [0.2, 0.25) is 5.91 Å². The van der Waals surface area contributed by atoms with Crippen LogP contribution in [0.15, 0.2) is 58.7 Å². The molecule has 0 aliphatic carbocycles. The SMILES string of the molecule is CCOc1ccc(C[C@@H]2S/C(=N/N=C\c3ccccc3OC)NC2=O)cc1. The summed E-state index contributed by atoms with van der Waals surface area (Å²) < 4.78 is 10.7. The van der Waals surface area contributed by atoms with E-state index in [4.69, 9.17) is 9.47 Å². The van der Waals surface area contributed by atoms with Crippen molar-refractivity contribution in [2.45, 2.75) is 18.6 Å². The first-order valence-corrected chi connectivity index (χ1v) is 9.51. The van der Waals surface area contributed by atoms with E-state index in [1.807, 2.05) is 55.5 Å². The minimum absolute atomic E-state index is 0.0554. The second-order valence-corrected chi connectivity index (χ2v) is 6.96. The van der Waals surface area contributed by atoms with E-state index in [0.717, 1.165) is 22.6 Å². The number of para-hydroxylation sites is 1. The Hall–Kier alpha value is -2.80. The van der Waals surface area contributed by atoms with Crippen molar-refractivity contribution in [2.75, 3.05) is 13.7 Å². The molecule has 1 amide bonds. The number of rotatable bonds is 7. The van der Waals surface area contributed by atoms with E-state index in [9.17, 15) is 4.79 Å². The van der Waals surface area contributed by atoms with Gasteiger partial charge in [-0.1, -0.05) is 36.0 Å². The summed E-state index contributed by atoms with van der Waals surface area (Å²) in [5.74, 6) is 1.50. The summed E-state index contributed by atoms with van der Waals surface area (Å²) in [4.78, 5) is 12.2. The molecule has 3 rings (SSSR count). The third-order valence-corrected chi connectivity index (χ3v) is 4.99. The quantitative estimate of drug-likeness (QED) is 0.588. The molecule has 1 saturated heterocycles. The highest BCUT2D eigenvalue weighted by Gasteiger charge is 2.30. The molecular formula is C20H21N3O3S. The monoisotopic (exact) mass is 383 g/mol. The molecule has 1 aliphatic heterocycles. The van der Waals surface area contributed by atoms with Crippen LogP contribution in [0, 0.1) is 0 Å². The third kappa shape index (κ3) is 5.10. The molecule has 140 valence electrons. The van der Waals surface area contributed by atoms with Gasteiger partial charge in [-0.3, -0.25) is 4.79 Å². The van der Waals surface area contributed by atoms with Crippen LogP contribution in [-0.2, 0) is 11.2 Å². The van der Waals surface area contributed by atoms with Gasteiger partial charge in [0.15, 0.2) is 5.17 Å². The van der Waals surface area contributed by atoms with Gasteiger partial charge in [-0.05, 0) is 43.2 Å². The van der Waals surface area contributed by atoms with Gasteiger partial charge in [0.05, 0.1) is 25.2 Å². The first-order chi connectivity index (χ1) is 13.2. The lowest BCUT2D eigenvalue weighted by molar-refractivity contribution is -0.118. The number of amidine groups is 1. The van der Waals surface area contributed by atoms with Crippen LogP contribution in [0.3, 0.4) is 0 Å². The molecule has 0 aromatic heterocycles. The smallest absolute Gasteiger partial charge is 0.239 e. The molecule has 1 fully saturated rings. The maximum absolute atomic E-state index is 12.2. The van der Waals surface area contributed by atoms with Crippen LogP contribution >= 0.6 is 11.8 Å². The van der Waals surface area contributed by atoms with Crippen molar-refractivity contribution in [3.05, 3.63) is 59.7 Å². The molecule has 1 atom stereocenters. The minimum Gasteiger partial charge on any atom is -0.496 e. The maximum Gasteiger partial charge on any atom is 0.239 e. The zero-order valence-electron chi connectivity index (χ0n) is 15.2. The predicted octanol–water partition coefficient (Wildman–Crippen LogP) is 3.26. The van der Waals surface area contributed by atoms with Crippen LogP contribution in [0.5, 0.6) is 11.5 Å². The fourth-order valence-corrected chi connectivity index (χ4v) is 3.57. The highest BCUT2D eigenvalue weighted by atomic mass is 32.2. The molecule has 2 aromatic rings. The van der Waals surface area contributed by atoms with Crippen molar-refractivity contribution >= 4 is 29.1 Å². The molecule has 0 unspecified atom stereocenters. The molecule has 6 nitrogen and oxygen atoms in total. The number of carbonyl (C=O) groups is 1. The molecule has 1 aliphatic rings. The van der Waals surface area contributed by atoms with Crippen LogP contribution in [0.1, 0.15) is 18.1 Å². The molecule has 27 heavy (non-hydrogen) atoms. The van der Waals surface area contributed by atoms with Crippen molar-refractivity contribution in [3.63, 3.8) is 0 Å². The molecule has 1 heterocycles. The summed E-state index contributed by atoms with van der Waals surface area (Å²) in [6.07, 6.45) is 2.23. The van der Waals surface area contributed by atoms with Gasteiger partial charge in [0, 0.05) is 5.56 Å². The van der Waals surface area contributed by atoms with Crippen molar-refractivity contribution in [3.8, 4) is 11.5 Å². The maximum atomic E-state index is 12.2. The second-order valence-electron chi connectivity index (χ2n) is 5.77. The number of amides is 1. The van der Waals surface area contributed by atoms with Crippen molar-refractivity contribution < 1.29 is 14.3 Å². The van der Waals surface area contributed by atoms with Crippen molar-refractivity contribution in [2.24, 2.45) is 10.2 Å². The van der Waals surface area contributed by atoms with Crippen molar-refractivity contribution in [1.82, 2.24) is 5.32 Å². The van der Waals surface area contributed by atoms with Gasteiger partial charge in [0.25, 0.3) is 0 Å². The highest BCUT2D eigenvalue weighted by Crippen LogP contribution is 2.24. The second kappa shape index (κ2) is 9.23. The van der Waals surface area contributed by atoms with Gasteiger partial charge in [-0.25, -0.2) is 0 Å². The van der Waals surface area contributed by atoms with Crippen LogP contribution in [-0.4, -0.2) is 36.3 Å². The highest BCUT2D eigenvalue weighted by molar-refractivity contribution is 8.15. The lowest BCUT2D eigenvalue weighted by atomic mass is 10.1. The fraction of sp³-hybridized carbons (Fsp3) is 0.250. The molecule has 1 N–H and O–H groups in total.